The van der Waals surface area contributed by atoms with Crippen molar-refractivity contribution in [3.05, 3.63) is 59.5 Å². The van der Waals surface area contributed by atoms with Gasteiger partial charge in [-0.15, -0.1) is 0 Å². The van der Waals surface area contributed by atoms with E-state index >= 15 is 0 Å². The maximum atomic E-state index is 12.8. The van der Waals surface area contributed by atoms with Gasteiger partial charge in [0.2, 0.25) is 10.0 Å². The predicted molar refractivity (Wildman–Crippen MR) is 107 cm³/mol. The molecule has 0 spiro atoms. The van der Waals surface area contributed by atoms with E-state index in [0.29, 0.717) is 30.1 Å². The van der Waals surface area contributed by atoms with E-state index in [-0.39, 0.29) is 15.6 Å². The third kappa shape index (κ3) is 4.02. The summed E-state index contributed by atoms with van der Waals surface area (Å²) >= 11 is 6.13. The number of nitrogens with one attached hydrogen (secondary N) is 1. The zero-order chi connectivity index (χ0) is 20.4. The number of sulfonamides is 1. The Hall–Kier alpha value is -2.75. The molecule has 1 N–H and O–H groups in total. The van der Waals surface area contributed by atoms with E-state index in [4.69, 9.17) is 16.1 Å². The fraction of sp³-hybridized carbons (Fsp3) is 0.211. The van der Waals surface area contributed by atoms with Crippen LogP contribution >= 0.6 is 11.6 Å². The van der Waals surface area contributed by atoms with Crippen LogP contribution in [0.3, 0.4) is 0 Å². The molecule has 4 rings (SSSR count). The van der Waals surface area contributed by atoms with E-state index in [9.17, 15) is 13.2 Å². The fourth-order valence-corrected chi connectivity index (χ4v) is 5.09. The second kappa shape index (κ2) is 7.94. The minimum atomic E-state index is -3.72. The van der Waals surface area contributed by atoms with E-state index in [1.165, 1.54) is 28.6 Å². The van der Waals surface area contributed by atoms with Gasteiger partial charge in [0.25, 0.3) is 5.91 Å². The van der Waals surface area contributed by atoms with Gasteiger partial charge in [0.15, 0.2) is 11.5 Å². The van der Waals surface area contributed by atoms with Crippen molar-refractivity contribution in [1.29, 1.82) is 0 Å². The Balaban J connectivity index is 1.56. The first-order valence-corrected chi connectivity index (χ1v) is 10.7. The van der Waals surface area contributed by atoms with E-state index < -0.39 is 15.9 Å². The number of benzene rings is 1. The molecular formula is C19H17ClN4O4S. The number of anilines is 1. The highest BCUT2D eigenvalue weighted by Gasteiger charge is 2.29. The maximum absolute atomic E-state index is 12.8. The maximum Gasteiger partial charge on any atom is 0.277 e. The molecule has 0 atom stereocenters. The number of carbonyl (C=O) groups excluding carboxylic acids is 1. The molecule has 0 bridgehead atoms. The van der Waals surface area contributed by atoms with Crippen molar-refractivity contribution in [1.82, 2.24) is 14.4 Å². The van der Waals surface area contributed by atoms with Gasteiger partial charge in [-0.1, -0.05) is 16.8 Å². The number of halogens is 1. The van der Waals surface area contributed by atoms with Crippen molar-refractivity contribution in [3.8, 4) is 11.3 Å². The first-order chi connectivity index (χ1) is 13.9. The molecule has 1 aliphatic heterocycles. The van der Waals surface area contributed by atoms with Crippen LogP contribution in [0.4, 0.5) is 5.69 Å². The second-order valence-electron chi connectivity index (χ2n) is 6.53. The van der Waals surface area contributed by atoms with Gasteiger partial charge < -0.3 is 9.84 Å². The zero-order valence-electron chi connectivity index (χ0n) is 15.2. The Morgan fingerprint density at radius 2 is 1.97 bits per heavy atom. The van der Waals surface area contributed by atoms with Crippen molar-refractivity contribution < 1.29 is 17.7 Å². The lowest BCUT2D eigenvalue weighted by molar-refractivity contribution is 0.101. The van der Waals surface area contributed by atoms with Gasteiger partial charge in [0.05, 0.1) is 5.02 Å². The van der Waals surface area contributed by atoms with Gasteiger partial charge in [0, 0.05) is 42.8 Å². The summed E-state index contributed by atoms with van der Waals surface area (Å²) in [6.45, 7) is 0.927. The first kappa shape index (κ1) is 19.6. The molecule has 1 amide bonds. The van der Waals surface area contributed by atoms with E-state index in [2.05, 4.69) is 15.5 Å². The number of rotatable bonds is 5. The van der Waals surface area contributed by atoms with E-state index in [1.807, 2.05) is 0 Å². The highest BCUT2D eigenvalue weighted by molar-refractivity contribution is 7.89. The van der Waals surface area contributed by atoms with Crippen LogP contribution < -0.4 is 5.32 Å². The molecule has 150 valence electrons. The van der Waals surface area contributed by atoms with Crippen LogP contribution in [0.25, 0.3) is 11.3 Å². The quantitative estimate of drug-likeness (QED) is 0.662. The summed E-state index contributed by atoms with van der Waals surface area (Å²) in [6.07, 6.45) is 4.86. The minimum Gasteiger partial charge on any atom is -0.355 e. The van der Waals surface area contributed by atoms with Crippen LogP contribution in [0.5, 0.6) is 0 Å². The monoisotopic (exact) mass is 432 g/mol. The third-order valence-corrected chi connectivity index (χ3v) is 6.94. The molecule has 10 heteroatoms. The molecule has 0 radical (unpaired) electrons. The van der Waals surface area contributed by atoms with Gasteiger partial charge >= 0.3 is 0 Å². The molecule has 0 aliphatic carbocycles. The number of hydrogen-bond donors (Lipinski definition) is 1. The predicted octanol–water partition coefficient (Wildman–Crippen LogP) is 3.43. The van der Waals surface area contributed by atoms with Crippen LogP contribution in [0.2, 0.25) is 5.02 Å². The van der Waals surface area contributed by atoms with Crippen molar-refractivity contribution in [2.45, 2.75) is 17.7 Å². The minimum absolute atomic E-state index is 0.0323. The molecular weight excluding hydrogens is 416 g/mol. The average molecular weight is 433 g/mol. The molecule has 0 saturated carbocycles. The molecule has 0 unspecified atom stereocenters. The SMILES string of the molecule is O=C(Nc1ccc(Cl)c(S(=O)(=O)N2CCCC2)c1)c1cc(-c2cccnc2)on1. The van der Waals surface area contributed by atoms with E-state index in [1.54, 1.807) is 24.5 Å². The van der Waals surface area contributed by atoms with Gasteiger partial charge in [0.1, 0.15) is 4.90 Å². The lowest BCUT2D eigenvalue weighted by atomic mass is 10.2. The highest BCUT2D eigenvalue weighted by atomic mass is 35.5. The normalized spacial score (nSPS) is 14.8. The van der Waals surface area contributed by atoms with Gasteiger partial charge in [-0.3, -0.25) is 9.78 Å². The van der Waals surface area contributed by atoms with Crippen molar-refractivity contribution in [2.75, 3.05) is 18.4 Å². The summed E-state index contributed by atoms with van der Waals surface area (Å²) in [6, 6.07) is 9.35. The number of hydrogen-bond acceptors (Lipinski definition) is 6. The summed E-state index contributed by atoms with van der Waals surface area (Å²) in [7, 11) is -3.72. The summed E-state index contributed by atoms with van der Waals surface area (Å²) in [5.41, 5.74) is 1.04. The number of nitrogens with zero attached hydrogens (tertiary/aromatic N) is 3. The van der Waals surface area contributed by atoms with Crippen LogP contribution in [0.15, 0.2) is 58.2 Å². The highest BCUT2D eigenvalue weighted by Crippen LogP contribution is 2.30. The van der Waals surface area contributed by atoms with Gasteiger partial charge in [-0.05, 0) is 43.2 Å². The zero-order valence-corrected chi connectivity index (χ0v) is 16.8. The lowest BCUT2D eigenvalue weighted by Crippen LogP contribution is -2.28. The Morgan fingerprint density at radius 3 is 2.69 bits per heavy atom. The number of pyridine rings is 1. The second-order valence-corrected chi connectivity index (χ2v) is 8.84. The standard InChI is InChI=1S/C19H17ClN4O4S/c20-15-6-5-14(10-18(15)29(26,27)24-8-1-2-9-24)22-19(25)16-11-17(28-23-16)13-4-3-7-21-12-13/h3-7,10-12H,1-2,8-9H2,(H,22,25). The molecule has 3 aromatic rings. The van der Waals surface area contributed by atoms with Crippen molar-refractivity contribution in [3.63, 3.8) is 0 Å². The Morgan fingerprint density at radius 1 is 1.17 bits per heavy atom. The number of aromatic nitrogens is 2. The van der Waals surface area contributed by atoms with Gasteiger partial charge in [-0.25, -0.2) is 8.42 Å². The molecule has 2 aromatic heterocycles. The smallest absolute Gasteiger partial charge is 0.277 e. The molecule has 1 fully saturated rings. The summed E-state index contributed by atoms with van der Waals surface area (Å²) in [5, 5.41) is 6.51. The van der Waals surface area contributed by atoms with Crippen molar-refractivity contribution >= 4 is 33.2 Å². The molecule has 1 aliphatic rings. The number of carbonyl (C=O) groups is 1. The fourth-order valence-electron chi connectivity index (χ4n) is 3.07. The van der Waals surface area contributed by atoms with Crippen LogP contribution in [0, 0.1) is 0 Å². The third-order valence-electron chi connectivity index (χ3n) is 4.56. The van der Waals surface area contributed by atoms with E-state index in [0.717, 1.165) is 12.8 Å². The summed E-state index contributed by atoms with van der Waals surface area (Å²) in [5.74, 6) is -0.132. The molecule has 8 nitrogen and oxygen atoms in total. The Bertz CT molecular complexity index is 1140. The van der Waals surface area contributed by atoms with Crippen LogP contribution in [-0.2, 0) is 10.0 Å². The summed E-state index contributed by atoms with van der Waals surface area (Å²) < 4.78 is 32.2. The van der Waals surface area contributed by atoms with Crippen LogP contribution in [0.1, 0.15) is 23.3 Å². The van der Waals surface area contributed by atoms with Gasteiger partial charge in [-0.2, -0.15) is 4.31 Å². The average Bonchev–Trinajstić information content (AvgIpc) is 3.42. The Kier molecular flexibility index (Phi) is 5.35. The molecule has 1 saturated heterocycles. The first-order valence-electron chi connectivity index (χ1n) is 8.93. The molecule has 3 heterocycles. The topological polar surface area (TPSA) is 105 Å². The molecule has 1 aromatic carbocycles. The van der Waals surface area contributed by atoms with Crippen LogP contribution in [-0.4, -0.2) is 41.9 Å². The summed E-state index contributed by atoms with van der Waals surface area (Å²) in [4.78, 5) is 16.5. The number of amides is 1. The lowest BCUT2D eigenvalue weighted by Gasteiger charge is -2.17. The Labute approximate surface area is 172 Å². The largest absolute Gasteiger partial charge is 0.355 e. The molecule has 29 heavy (non-hydrogen) atoms. The van der Waals surface area contributed by atoms with Crippen molar-refractivity contribution in [2.24, 2.45) is 0 Å².